The highest BCUT2D eigenvalue weighted by molar-refractivity contribution is 5.43. The van der Waals surface area contributed by atoms with Crippen LogP contribution in [0.1, 0.15) is 17.7 Å². The zero-order valence-electron chi connectivity index (χ0n) is 9.53. The summed E-state index contributed by atoms with van der Waals surface area (Å²) >= 11 is 0. The quantitative estimate of drug-likeness (QED) is 0.795. The van der Waals surface area contributed by atoms with Gasteiger partial charge in [-0.1, -0.05) is 0 Å². The Bertz CT molecular complexity index is 328. The molecule has 1 aromatic rings. The Morgan fingerprint density at radius 3 is 2.87 bits per heavy atom. The zero-order valence-corrected chi connectivity index (χ0v) is 9.53. The van der Waals surface area contributed by atoms with E-state index in [0.29, 0.717) is 5.92 Å². The van der Waals surface area contributed by atoms with Gasteiger partial charge in [-0.05, 0) is 50.4 Å². The van der Waals surface area contributed by atoms with Crippen molar-refractivity contribution in [3.63, 3.8) is 0 Å². The van der Waals surface area contributed by atoms with Gasteiger partial charge in [-0.25, -0.2) is 4.98 Å². The molecule has 2 heterocycles. The monoisotopic (exact) mass is 205 g/mol. The van der Waals surface area contributed by atoms with E-state index >= 15 is 0 Å². The van der Waals surface area contributed by atoms with E-state index in [1.165, 1.54) is 12.0 Å². The van der Waals surface area contributed by atoms with Gasteiger partial charge < -0.3 is 10.6 Å². The number of aryl methyl sites for hydroxylation is 2. The molecule has 0 spiro atoms. The van der Waals surface area contributed by atoms with Gasteiger partial charge in [-0.2, -0.15) is 0 Å². The molecule has 0 aromatic carbocycles. The summed E-state index contributed by atoms with van der Waals surface area (Å²) in [5.74, 6) is 1.76. The van der Waals surface area contributed by atoms with E-state index in [9.17, 15) is 0 Å². The molecule has 0 bridgehead atoms. The summed E-state index contributed by atoms with van der Waals surface area (Å²) < 4.78 is 0. The molecule has 3 nitrogen and oxygen atoms in total. The highest BCUT2D eigenvalue weighted by Crippen LogP contribution is 2.22. The maximum atomic E-state index is 5.69. The molecule has 3 heteroatoms. The van der Waals surface area contributed by atoms with Gasteiger partial charge in [-0.15, -0.1) is 0 Å². The van der Waals surface area contributed by atoms with Gasteiger partial charge in [0.2, 0.25) is 0 Å². The number of hydrogen-bond acceptors (Lipinski definition) is 3. The number of aromatic nitrogens is 1. The second-order valence-corrected chi connectivity index (χ2v) is 4.48. The van der Waals surface area contributed by atoms with Crippen LogP contribution >= 0.6 is 0 Å². The van der Waals surface area contributed by atoms with Crippen LogP contribution in [0.15, 0.2) is 12.1 Å². The lowest BCUT2D eigenvalue weighted by molar-refractivity contribution is 0.602. The number of pyridine rings is 1. The number of rotatable bonds is 2. The molecule has 15 heavy (non-hydrogen) atoms. The number of anilines is 1. The van der Waals surface area contributed by atoms with Crippen LogP contribution in [0.5, 0.6) is 0 Å². The smallest absolute Gasteiger partial charge is 0.129 e. The lowest BCUT2D eigenvalue weighted by Gasteiger charge is -2.18. The maximum Gasteiger partial charge on any atom is 0.129 e. The Hall–Kier alpha value is -1.09. The third kappa shape index (κ3) is 2.29. The zero-order chi connectivity index (χ0) is 10.8. The van der Waals surface area contributed by atoms with Gasteiger partial charge in [0.05, 0.1) is 0 Å². The summed E-state index contributed by atoms with van der Waals surface area (Å²) in [6.45, 7) is 7.12. The topological polar surface area (TPSA) is 42.2 Å². The first-order chi connectivity index (χ1) is 7.19. The lowest BCUT2D eigenvalue weighted by Crippen LogP contribution is -2.23. The highest BCUT2D eigenvalue weighted by atomic mass is 15.2. The van der Waals surface area contributed by atoms with Gasteiger partial charge in [-0.3, -0.25) is 0 Å². The van der Waals surface area contributed by atoms with Crippen LogP contribution in [0.2, 0.25) is 0 Å². The van der Waals surface area contributed by atoms with Crippen LogP contribution in [-0.4, -0.2) is 24.6 Å². The Morgan fingerprint density at radius 2 is 2.27 bits per heavy atom. The number of hydrogen-bond donors (Lipinski definition) is 1. The number of nitrogens with two attached hydrogens (primary N) is 1. The summed E-state index contributed by atoms with van der Waals surface area (Å²) in [4.78, 5) is 6.91. The van der Waals surface area contributed by atoms with Crippen molar-refractivity contribution >= 4 is 5.82 Å². The van der Waals surface area contributed by atoms with Crippen molar-refractivity contribution in [2.24, 2.45) is 11.7 Å². The Labute approximate surface area is 91.3 Å². The van der Waals surface area contributed by atoms with Crippen LogP contribution in [0, 0.1) is 19.8 Å². The van der Waals surface area contributed by atoms with Gasteiger partial charge in [0.1, 0.15) is 5.82 Å². The normalized spacial score (nSPS) is 21.0. The van der Waals surface area contributed by atoms with Crippen molar-refractivity contribution < 1.29 is 0 Å². The molecule has 0 aliphatic carbocycles. The van der Waals surface area contributed by atoms with Crippen LogP contribution in [0.25, 0.3) is 0 Å². The molecule has 1 saturated heterocycles. The molecule has 1 fully saturated rings. The number of nitrogens with zero attached hydrogens (tertiary/aromatic N) is 2. The van der Waals surface area contributed by atoms with Gasteiger partial charge in [0.25, 0.3) is 0 Å². The van der Waals surface area contributed by atoms with Crippen molar-refractivity contribution in [1.82, 2.24) is 4.98 Å². The summed E-state index contributed by atoms with van der Waals surface area (Å²) in [7, 11) is 0. The average molecular weight is 205 g/mol. The lowest BCUT2D eigenvalue weighted by atomic mass is 10.1. The van der Waals surface area contributed by atoms with Crippen LogP contribution < -0.4 is 10.6 Å². The van der Waals surface area contributed by atoms with Crippen molar-refractivity contribution in [1.29, 1.82) is 0 Å². The Balaban J connectivity index is 2.16. The summed E-state index contributed by atoms with van der Waals surface area (Å²) in [6.07, 6.45) is 1.20. The van der Waals surface area contributed by atoms with Crippen LogP contribution in [-0.2, 0) is 0 Å². The fourth-order valence-corrected chi connectivity index (χ4v) is 2.22. The molecule has 0 amide bonds. The standard InChI is InChI=1S/C12H19N3/c1-9-5-10(2)14-12(6-9)15-4-3-11(7-13)8-15/h5-6,11H,3-4,7-8,13H2,1-2H3. The van der Waals surface area contributed by atoms with E-state index in [2.05, 4.69) is 28.9 Å². The molecular weight excluding hydrogens is 186 g/mol. The third-order valence-corrected chi connectivity index (χ3v) is 3.03. The van der Waals surface area contributed by atoms with Crippen LogP contribution in [0.3, 0.4) is 0 Å². The van der Waals surface area contributed by atoms with E-state index in [1.54, 1.807) is 0 Å². The molecule has 1 aliphatic heterocycles. The summed E-state index contributed by atoms with van der Waals surface area (Å²) in [6, 6.07) is 4.27. The summed E-state index contributed by atoms with van der Waals surface area (Å²) in [5, 5.41) is 0. The molecule has 2 N–H and O–H groups in total. The second-order valence-electron chi connectivity index (χ2n) is 4.48. The van der Waals surface area contributed by atoms with Crippen molar-refractivity contribution in [2.75, 3.05) is 24.5 Å². The molecule has 0 saturated carbocycles. The fourth-order valence-electron chi connectivity index (χ4n) is 2.22. The predicted molar refractivity (Wildman–Crippen MR) is 63.1 cm³/mol. The van der Waals surface area contributed by atoms with E-state index in [1.807, 2.05) is 6.92 Å². The molecule has 1 unspecified atom stereocenters. The van der Waals surface area contributed by atoms with Crippen LogP contribution in [0.4, 0.5) is 5.82 Å². The Kier molecular flexibility index (Phi) is 2.91. The van der Waals surface area contributed by atoms with E-state index in [4.69, 9.17) is 5.73 Å². The largest absolute Gasteiger partial charge is 0.356 e. The minimum atomic E-state index is 0.646. The van der Waals surface area contributed by atoms with Gasteiger partial charge >= 0.3 is 0 Å². The second kappa shape index (κ2) is 4.19. The molecule has 1 atom stereocenters. The molecule has 1 aliphatic rings. The molecular formula is C12H19N3. The fraction of sp³-hybridized carbons (Fsp3) is 0.583. The predicted octanol–water partition coefficient (Wildman–Crippen LogP) is 1.48. The first-order valence-corrected chi connectivity index (χ1v) is 5.59. The Morgan fingerprint density at radius 1 is 1.47 bits per heavy atom. The van der Waals surface area contributed by atoms with E-state index < -0.39 is 0 Å². The van der Waals surface area contributed by atoms with Crippen molar-refractivity contribution in [3.05, 3.63) is 23.4 Å². The van der Waals surface area contributed by atoms with Crippen molar-refractivity contribution in [2.45, 2.75) is 20.3 Å². The molecule has 2 rings (SSSR count). The summed E-state index contributed by atoms with van der Waals surface area (Å²) in [5.41, 5.74) is 8.07. The first-order valence-electron chi connectivity index (χ1n) is 5.59. The van der Waals surface area contributed by atoms with Gasteiger partial charge in [0, 0.05) is 18.8 Å². The minimum Gasteiger partial charge on any atom is -0.356 e. The minimum absolute atomic E-state index is 0.646. The average Bonchev–Trinajstić information content (AvgIpc) is 2.64. The molecule has 82 valence electrons. The van der Waals surface area contributed by atoms with Gasteiger partial charge in [0.15, 0.2) is 0 Å². The van der Waals surface area contributed by atoms with E-state index in [0.717, 1.165) is 31.1 Å². The molecule has 0 radical (unpaired) electrons. The van der Waals surface area contributed by atoms with E-state index in [-0.39, 0.29) is 0 Å². The maximum absolute atomic E-state index is 5.69. The SMILES string of the molecule is Cc1cc(C)nc(N2CCC(CN)C2)c1. The van der Waals surface area contributed by atoms with Crippen molar-refractivity contribution in [3.8, 4) is 0 Å². The molecule has 1 aromatic heterocycles. The first kappa shape index (κ1) is 10.4. The highest BCUT2D eigenvalue weighted by Gasteiger charge is 2.22. The third-order valence-electron chi connectivity index (χ3n) is 3.03.